The van der Waals surface area contributed by atoms with E-state index in [9.17, 15) is 0 Å². The molecule has 17 heavy (non-hydrogen) atoms. The summed E-state index contributed by atoms with van der Waals surface area (Å²) in [6.45, 7) is 5.47. The van der Waals surface area contributed by atoms with Crippen LogP contribution in [-0.4, -0.2) is 12.8 Å². The molecule has 0 amide bonds. The summed E-state index contributed by atoms with van der Waals surface area (Å²) in [6.07, 6.45) is 17.2. The van der Waals surface area contributed by atoms with Crippen LogP contribution in [0.1, 0.15) is 85.9 Å². The number of unbranched alkanes of at least 4 members (excludes halogenated alkanes) is 9. The van der Waals surface area contributed by atoms with E-state index in [-0.39, 0.29) is 31.0 Å². The zero-order valence-electron chi connectivity index (χ0n) is 13.5. The van der Waals surface area contributed by atoms with Gasteiger partial charge in [-0.1, -0.05) is 71.6 Å². The second-order valence-electron chi connectivity index (χ2n) is 4.68. The molecular formula is C15H32NNa. The van der Waals surface area contributed by atoms with Crippen molar-refractivity contribution in [3.63, 3.8) is 0 Å². The fourth-order valence-corrected chi connectivity index (χ4v) is 1.91. The van der Waals surface area contributed by atoms with Crippen LogP contribution in [0.3, 0.4) is 0 Å². The van der Waals surface area contributed by atoms with Gasteiger partial charge in [0.15, 0.2) is 0 Å². The van der Waals surface area contributed by atoms with Crippen molar-refractivity contribution in [1.82, 2.24) is 0 Å². The van der Waals surface area contributed by atoms with Gasteiger partial charge in [-0.2, -0.15) is 0 Å². The predicted molar refractivity (Wildman–Crippen MR) is 76.6 cm³/mol. The van der Waals surface area contributed by atoms with Crippen molar-refractivity contribution in [2.24, 2.45) is 4.99 Å². The third-order valence-electron chi connectivity index (χ3n) is 2.95. The van der Waals surface area contributed by atoms with Crippen LogP contribution in [0.4, 0.5) is 0 Å². The van der Waals surface area contributed by atoms with E-state index in [0.29, 0.717) is 0 Å². The van der Waals surface area contributed by atoms with E-state index in [0.717, 1.165) is 13.0 Å². The molecule has 0 aromatic heterocycles. The third-order valence-corrected chi connectivity index (χ3v) is 2.95. The van der Waals surface area contributed by atoms with Gasteiger partial charge in [0.2, 0.25) is 0 Å². The molecule has 0 bridgehead atoms. The minimum Gasteiger partial charge on any atom is -1.00 e. The van der Waals surface area contributed by atoms with Gasteiger partial charge in [-0.05, 0) is 19.1 Å². The Morgan fingerprint density at radius 2 is 1.24 bits per heavy atom. The first-order valence-corrected chi connectivity index (χ1v) is 7.40. The Morgan fingerprint density at radius 3 is 1.71 bits per heavy atom. The Hall–Kier alpha value is 0.670. The Bertz CT molecular complexity index is 151. The molecule has 0 fully saturated rings. The summed E-state index contributed by atoms with van der Waals surface area (Å²) in [5, 5.41) is 0. The van der Waals surface area contributed by atoms with Crippen molar-refractivity contribution in [3.8, 4) is 0 Å². The van der Waals surface area contributed by atoms with Gasteiger partial charge >= 0.3 is 29.6 Å². The van der Waals surface area contributed by atoms with Crippen LogP contribution in [0.25, 0.3) is 0 Å². The SMILES string of the molecule is CCC=NCCCCCCCCCCCC.[H-].[Na+]. The minimum absolute atomic E-state index is 0. The standard InChI is InChI=1S/C15H31N.Na.H/c1-3-5-6-7-8-9-10-11-12-13-15-16-14-4-2;;/h14H,3-13,15H2,1-2H3;;/q;+1;-1. The average molecular weight is 249 g/mol. The van der Waals surface area contributed by atoms with Gasteiger partial charge in [0, 0.05) is 6.54 Å². The molecule has 0 saturated carbocycles. The van der Waals surface area contributed by atoms with Gasteiger partial charge in [-0.25, -0.2) is 0 Å². The topological polar surface area (TPSA) is 12.4 Å². The molecule has 0 radical (unpaired) electrons. The van der Waals surface area contributed by atoms with Crippen LogP contribution in [0.15, 0.2) is 4.99 Å². The summed E-state index contributed by atoms with van der Waals surface area (Å²) in [5.41, 5.74) is 0. The molecule has 0 heterocycles. The largest absolute Gasteiger partial charge is 1.00 e. The van der Waals surface area contributed by atoms with Crippen LogP contribution in [-0.2, 0) is 0 Å². The van der Waals surface area contributed by atoms with Gasteiger partial charge < -0.3 is 1.43 Å². The van der Waals surface area contributed by atoms with Gasteiger partial charge in [-0.15, -0.1) is 0 Å². The molecule has 0 saturated heterocycles. The first kappa shape index (κ1) is 20.0. The van der Waals surface area contributed by atoms with E-state index in [1.807, 2.05) is 6.21 Å². The molecule has 1 nitrogen and oxygen atoms in total. The van der Waals surface area contributed by atoms with Crippen LogP contribution in [0.2, 0.25) is 0 Å². The van der Waals surface area contributed by atoms with Gasteiger partial charge in [0.05, 0.1) is 0 Å². The molecule has 0 N–H and O–H groups in total. The third kappa shape index (κ3) is 19.2. The number of hydrogen-bond acceptors (Lipinski definition) is 1. The quantitative estimate of drug-likeness (QED) is 0.286. The molecule has 0 spiro atoms. The maximum absolute atomic E-state index is 4.33. The first-order chi connectivity index (χ1) is 7.91. The maximum atomic E-state index is 4.33. The van der Waals surface area contributed by atoms with Gasteiger partial charge in [-0.3, -0.25) is 4.99 Å². The van der Waals surface area contributed by atoms with E-state index in [4.69, 9.17) is 0 Å². The van der Waals surface area contributed by atoms with Crippen molar-refractivity contribution in [1.29, 1.82) is 0 Å². The van der Waals surface area contributed by atoms with Crippen molar-refractivity contribution in [2.75, 3.05) is 6.54 Å². The summed E-state index contributed by atoms with van der Waals surface area (Å²) in [7, 11) is 0. The Morgan fingerprint density at radius 1 is 0.765 bits per heavy atom. The van der Waals surface area contributed by atoms with E-state index in [1.54, 1.807) is 0 Å². The van der Waals surface area contributed by atoms with Crippen LogP contribution in [0, 0.1) is 0 Å². The molecule has 0 atom stereocenters. The summed E-state index contributed by atoms with van der Waals surface area (Å²) in [6, 6.07) is 0. The average Bonchev–Trinajstić information content (AvgIpc) is 2.31. The summed E-state index contributed by atoms with van der Waals surface area (Å²) in [4.78, 5) is 4.33. The second kappa shape index (κ2) is 19.0. The van der Waals surface area contributed by atoms with Gasteiger partial charge in [0.25, 0.3) is 0 Å². The summed E-state index contributed by atoms with van der Waals surface area (Å²) < 4.78 is 0. The summed E-state index contributed by atoms with van der Waals surface area (Å²) >= 11 is 0. The molecule has 0 rings (SSSR count). The van der Waals surface area contributed by atoms with E-state index in [1.165, 1.54) is 64.2 Å². The zero-order valence-corrected chi connectivity index (χ0v) is 14.5. The van der Waals surface area contributed by atoms with Gasteiger partial charge in [0.1, 0.15) is 0 Å². The van der Waals surface area contributed by atoms with Crippen LogP contribution >= 0.6 is 0 Å². The van der Waals surface area contributed by atoms with Crippen molar-refractivity contribution in [3.05, 3.63) is 0 Å². The Labute approximate surface area is 133 Å². The van der Waals surface area contributed by atoms with E-state index in [2.05, 4.69) is 18.8 Å². The maximum Gasteiger partial charge on any atom is 1.00 e. The number of hydrogen-bond donors (Lipinski definition) is 0. The Balaban J connectivity index is -0.00000112. The molecule has 0 aromatic rings. The number of aliphatic imine (C=N–C) groups is 1. The zero-order chi connectivity index (χ0) is 11.9. The normalized spacial score (nSPS) is 10.7. The molecule has 98 valence electrons. The fourth-order valence-electron chi connectivity index (χ4n) is 1.91. The molecule has 0 aliphatic heterocycles. The van der Waals surface area contributed by atoms with E-state index < -0.39 is 0 Å². The fraction of sp³-hybridized carbons (Fsp3) is 0.933. The molecular weight excluding hydrogens is 217 g/mol. The predicted octanol–water partition coefficient (Wildman–Crippen LogP) is 2.50. The summed E-state index contributed by atoms with van der Waals surface area (Å²) in [5.74, 6) is 0. The molecule has 0 aliphatic rings. The van der Waals surface area contributed by atoms with Crippen LogP contribution in [0.5, 0.6) is 0 Å². The second-order valence-corrected chi connectivity index (χ2v) is 4.68. The molecule has 2 heteroatoms. The smallest absolute Gasteiger partial charge is 1.00 e. The van der Waals surface area contributed by atoms with Crippen molar-refractivity contribution < 1.29 is 31.0 Å². The molecule has 0 aliphatic carbocycles. The van der Waals surface area contributed by atoms with Crippen molar-refractivity contribution >= 4 is 6.21 Å². The first-order valence-electron chi connectivity index (χ1n) is 7.40. The number of rotatable bonds is 12. The Kier molecular flexibility index (Phi) is 22.4. The minimum atomic E-state index is 0. The number of nitrogens with zero attached hydrogens (tertiary/aromatic N) is 1. The van der Waals surface area contributed by atoms with Crippen molar-refractivity contribution in [2.45, 2.75) is 84.5 Å². The molecule has 0 aromatic carbocycles. The van der Waals surface area contributed by atoms with Crippen LogP contribution < -0.4 is 29.6 Å². The monoisotopic (exact) mass is 249 g/mol. The van der Waals surface area contributed by atoms with E-state index >= 15 is 0 Å². The molecule has 0 unspecified atom stereocenters.